The number of ether oxygens (including phenoxy) is 1. The van der Waals surface area contributed by atoms with Crippen molar-refractivity contribution >= 4 is 11.4 Å². The first-order valence-corrected chi connectivity index (χ1v) is 5.91. The van der Waals surface area contributed by atoms with Gasteiger partial charge in [0.2, 0.25) is 0 Å². The lowest BCUT2D eigenvalue weighted by Crippen LogP contribution is -2.03. The molecule has 20 heavy (non-hydrogen) atoms. The summed E-state index contributed by atoms with van der Waals surface area (Å²) in [6.45, 7) is 0.167. The summed E-state index contributed by atoms with van der Waals surface area (Å²) in [4.78, 5) is 10.3. The number of rotatable bonds is 5. The zero-order chi connectivity index (χ0) is 14.5. The molecule has 0 aliphatic rings. The van der Waals surface area contributed by atoms with Gasteiger partial charge in [-0.3, -0.25) is 10.1 Å². The fourth-order valence-electron chi connectivity index (χ4n) is 1.78. The molecule has 0 heterocycles. The Bertz CT molecular complexity index is 614. The van der Waals surface area contributed by atoms with Crippen molar-refractivity contribution in [1.82, 2.24) is 0 Å². The largest absolute Gasteiger partial charge is 0.497 e. The second-order valence-electron chi connectivity index (χ2n) is 4.11. The van der Waals surface area contributed by atoms with Crippen molar-refractivity contribution in [2.75, 3.05) is 12.4 Å². The van der Waals surface area contributed by atoms with Crippen LogP contribution in [-0.2, 0) is 6.54 Å². The number of methoxy groups -OCH3 is 1. The SMILES string of the molecule is COc1ccc(NCc2cc(F)ccc2[N+](=O)[O-])cc1. The molecule has 5 nitrogen and oxygen atoms in total. The maximum Gasteiger partial charge on any atom is 0.274 e. The van der Waals surface area contributed by atoms with Gasteiger partial charge in [0.05, 0.1) is 17.6 Å². The number of hydrogen-bond donors (Lipinski definition) is 1. The van der Waals surface area contributed by atoms with Crippen LogP contribution in [0.5, 0.6) is 5.75 Å². The quantitative estimate of drug-likeness (QED) is 0.671. The Kier molecular flexibility index (Phi) is 4.14. The summed E-state index contributed by atoms with van der Waals surface area (Å²) in [5, 5.41) is 13.9. The molecule has 0 amide bonds. The van der Waals surface area contributed by atoms with Crippen molar-refractivity contribution in [3.8, 4) is 5.75 Å². The lowest BCUT2D eigenvalue weighted by Gasteiger charge is -2.08. The Morgan fingerprint density at radius 2 is 1.95 bits per heavy atom. The van der Waals surface area contributed by atoms with Crippen LogP contribution in [0.2, 0.25) is 0 Å². The first-order valence-electron chi connectivity index (χ1n) is 5.91. The van der Waals surface area contributed by atoms with Gasteiger partial charge in [0.25, 0.3) is 5.69 Å². The molecule has 104 valence electrons. The highest BCUT2D eigenvalue weighted by atomic mass is 19.1. The minimum absolute atomic E-state index is 0.104. The third-order valence-electron chi connectivity index (χ3n) is 2.81. The van der Waals surface area contributed by atoms with E-state index in [1.165, 1.54) is 6.07 Å². The van der Waals surface area contributed by atoms with Gasteiger partial charge >= 0.3 is 0 Å². The molecule has 2 aromatic carbocycles. The standard InChI is InChI=1S/C14H13FN2O3/c1-20-13-5-3-12(4-6-13)16-9-10-8-11(15)2-7-14(10)17(18)19/h2-8,16H,9H2,1H3. The number of benzene rings is 2. The lowest BCUT2D eigenvalue weighted by molar-refractivity contribution is -0.385. The van der Waals surface area contributed by atoms with Crippen LogP contribution < -0.4 is 10.1 Å². The molecular formula is C14H13FN2O3. The number of anilines is 1. The summed E-state index contributed by atoms with van der Waals surface area (Å²) < 4.78 is 18.2. The van der Waals surface area contributed by atoms with Crippen molar-refractivity contribution < 1.29 is 14.1 Å². The Morgan fingerprint density at radius 1 is 1.25 bits per heavy atom. The van der Waals surface area contributed by atoms with E-state index in [0.717, 1.165) is 17.8 Å². The van der Waals surface area contributed by atoms with Crippen molar-refractivity contribution in [2.24, 2.45) is 0 Å². The predicted molar refractivity (Wildman–Crippen MR) is 73.4 cm³/mol. The fraction of sp³-hybridized carbons (Fsp3) is 0.143. The Hall–Kier alpha value is -2.63. The van der Waals surface area contributed by atoms with Crippen molar-refractivity contribution in [2.45, 2.75) is 6.54 Å². The van der Waals surface area contributed by atoms with Gasteiger partial charge in [0.1, 0.15) is 11.6 Å². The minimum atomic E-state index is -0.523. The van der Waals surface area contributed by atoms with Crippen molar-refractivity contribution in [3.63, 3.8) is 0 Å². The maximum absolute atomic E-state index is 13.2. The van der Waals surface area contributed by atoms with Crippen LogP contribution >= 0.6 is 0 Å². The minimum Gasteiger partial charge on any atom is -0.497 e. The molecule has 0 aliphatic carbocycles. The molecule has 0 saturated heterocycles. The third kappa shape index (κ3) is 3.23. The van der Waals surface area contributed by atoms with Crippen LogP contribution in [0, 0.1) is 15.9 Å². The van der Waals surface area contributed by atoms with Crippen molar-refractivity contribution in [1.29, 1.82) is 0 Å². The van der Waals surface area contributed by atoms with Crippen molar-refractivity contribution in [3.05, 3.63) is 64.0 Å². The maximum atomic E-state index is 13.2. The normalized spacial score (nSPS) is 10.1. The smallest absolute Gasteiger partial charge is 0.274 e. The van der Waals surface area contributed by atoms with Gasteiger partial charge in [-0.05, 0) is 36.4 Å². The van der Waals surface area contributed by atoms with Crippen LogP contribution in [-0.4, -0.2) is 12.0 Å². The first kappa shape index (κ1) is 13.8. The molecule has 0 aliphatic heterocycles. The highest BCUT2D eigenvalue weighted by Gasteiger charge is 2.13. The molecule has 2 aromatic rings. The van der Waals surface area contributed by atoms with E-state index in [4.69, 9.17) is 4.74 Å². The monoisotopic (exact) mass is 276 g/mol. The summed E-state index contributed by atoms with van der Waals surface area (Å²) in [7, 11) is 1.57. The molecule has 1 N–H and O–H groups in total. The molecule has 0 unspecified atom stereocenters. The molecule has 0 bridgehead atoms. The number of nitrogens with zero attached hydrogens (tertiary/aromatic N) is 1. The first-order chi connectivity index (χ1) is 9.60. The second-order valence-corrected chi connectivity index (χ2v) is 4.11. The average Bonchev–Trinajstić information content (AvgIpc) is 2.45. The van der Waals surface area contributed by atoms with E-state index in [9.17, 15) is 14.5 Å². The van der Waals surface area contributed by atoms with Gasteiger partial charge in [-0.1, -0.05) is 0 Å². The molecule has 0 atom stereocenters. The highest BCUT2D eigenvalue weighted by Crippen LogP contribution is 2.21. The topological polar surface area (TPSA) is 64.4 Å². The van der Waals surface area contributed by atoms with Gasteiger partial charge < -0.3 is 10.1 Å². The third-order valence-corrected chi connectivity index (χ3v) is 2.81. The van der Waals surface area contributed by atoms with E-state index in [1.807, 2.05) is 0 Å². The molecular weight excluding hydrogens is 263 g/mol. The van der Waals surface area contributed by atoms with E-state index in [1.54, 1.807) is 31.4 Å². The highest BCUT2D eigenvalue weighted by molar-refractivity contribution is 5.49. The molecule has 2 rings (SSSR count). The second kappa shape index (κ2) is 6.01. The number of nitro benzene ring substituents is 1. The summed E-state index contributed by atoms with van der Waals surface area (Å²) in [5.74, 6) is 0.217. The van der Waals surface area contributed by atoms with Crippen LogP contribution in [0.3, 0.4) is 0 Å². The molecule has 0 radical (unpaired) electrons. The van der Waals surface area contributed by atoms with Crippen LogP contribution in [0.25, 0.3) is 0 Å². The zero-order valence-corrected chi connectivity index (χ0v) is 10.8. The molecule has 0 saturated carbocycles. The van der Waals surface area contributed by atoms with Crippen LogP contribution in [0.4, 0.5) is 15.8 Å². The summed E-state index contributed by atoms with van der Waals surface area (Å²) in [5.41, 5.74) is 0.961. The van der Waals surface area contributed by atoms with Gasteiger partial charge in [0, 0.05) is 18.3 Å². The fourth-order valence-corrected chi connectivity index (χ4v) is 1.78. The summed E-state index contributed by atoms with van der Waals surface area (Å²) >= 11 is 0. The van der Waals surface area contributed by atoms with Crippen LogP contribution in [0.15, 0.2) is 42.5 Å². The number of halogens is 1. The zero-order valence-electron chi connectivity index (χ0n) is 10.8. The van der Waals surface area contributed by atoms with E-state index >= 15 is 0 Å². The van der Waals surface area contributed by atoms with Gasteiger partial charge in [0.15, 0.2) is 0 Å². The van der Waals surface area contributed by atoms with Gasteiger partial charge in [-0.25, -0.2) is 4.39 Å². The Balaban J connectivity index is 2.13. The predicted octanol–water partition coefficient (Wildman–Crippen LogP) is 3.35. The van der Waals surface area contributed by atoms with E-state index in [-0.39, 0.29) is 12.2 Å². The van der Waals surface area contributed by atoms with Gasteiger partial charge in [-0.15, -0.1) is 0 Å². The van der Waals surface area contributed by atoms with Crippen LogP contribution in [0.1, 0.15) is 5.56 Å². The molecule has 6 heteroatoms. The lowest BCUT2D eigenvalue weighted by atomic mass is 10.1. The summed E-state index contributed by atoms with van der Waals surface area (Å²) in [6.07, 6.45) is 0. The van der Waals surface area contributed by atoms with Gasteiger partial charge in [-0.2, -0.15) is 0 Å². The van der Waals surface area contributed by atoms with E-state index < -0.39 is 10.7 Å². The number of nitro groups is 1. The number of hydrogen-bond acceptors (Lipinski definition) is 4. The Labute approximate surface area is 115 Å². The summed E-state index contributed by atoms with van der Waals surface area (Å²) in [6, 6.07) is 10.5. The Morgan fingerprint density at radius 3 is 2.55 bits per heavy atom. The molecule has 0 spiro atoms. The van der Waals surface area contributed by atoms with E-state index in [2.05, 4.69) is 5.32 Å². The number of nitrogens with one attached hydrogen (secondary N) is 1. The average molecular weight is 276 g/mol. The molecule has 0 aromatic heterocycles. The molecule has 0 fully saturated rings. The van der Waals surface area contributed by atoms with E-state index in [0.29, 0.717) is 11.3 Å².